The van der Waals surface area contributed by atoms with E-state index in [0.29, 0.717) is 0 Å². The van der Waals surface area contributed by atoms with E-state index in [1.165, 1.54) is 15.5 Å². The second-order valence-corrected chi connectivity index (χ2v) is 9.22. The van der Waals surface area contributed by atoms with Crippen molar-refractivity contribution in [2.75, 3.05) is 0 Å². The topological polar surface area (TPSA) is 0 Å². The Morgan fingerprint density at radius 2 is 0.947 bits per heavy atom. The summed E-state index contributed by atoms with van der Waals surface area (Å²) in [5.74, 6) is 0. The summed E-state index contributed by atoms with van der Waals surface area (Å²) in [7, 11) is 0. The maximum atomic E-state index is 2.32. The summed E-state index contributed by atoms with van der Waals surface area (Å²) >= 11 is -1.32. The molecule has 0 saturated heterocycles. The third-order valence-corrected chi connectivity index (χ3v) is 8.96. The first-order valence-corrected chi connectivity index (χ1v) is 9.30. The van der Waals surface area contributed by atoms with Gasteiger partial charge in [-0.15, -0.1) is 0 Å². The molecule has 3 aromatic rings. The van der Waals surface area contributed by atoms with Crippen molar-refractivity contribution in [3.8, 4) is 11.1 Å². The van der Waals surface area contributed by atoms with E-state index in [1.54, 1.807) is 8.70 Å². The Kier molecular flexibility index (Phi) is 2.57. The molecule has 1 heterocycles. The van der Waals surface area contributed by atoms with Crippen molar-refractivity contribution in [3.05, 3.63) is 78.9 Å². The fraction of sp³-hybridized carbons (Fsp3) is 0. The van der Waals surface area contributed by atoms with Gasteiger partial charge in [0.25, 0.3) is 0 Å². The molecule has 0 saturated carbocycles. The summed E-state index contributed by atoms with van der Waals surface area (Å²) in [5.41, 5.74) is 2.89. The summed E-state index contributed by atoms with van der Waals surface area (Å²) in [6.07, 6.45) is 0. The average molecular weight is 304 g/mol. The molecular weight excluding hydrogens is 291 g/mol. The van der Waals surface area contributed by atoms with E-state index in [0.717, 1.165) is 0 Å². The molecule has 4 rings (SSSR count). The van der Waals surface area contributed by atoms with Crippen LogP contribution < -0.4 is 13.1 Å². The Labute approximate surface area is 118 Å². The fourth-order valence-electron chi connectivity index (χ4n) is 2.78. The van der Waals surface area contributed by atoms with Gasteiger partial charge < -0.3 is 0 Å². The number of hydrogen-bond donors (Lipinski definition) is 0. The average Bonchev–Trinajstić information content (AvgIpc) is 2.83. The van der Waals surface area contributed by atoms with E-state index in [2.05, 4.69) is 78.9 Å². The Balaban J connectivity index is 2.02. The minimum atomic E-state index is -1.32. The third kappa shape index (κ3) is 1.68. The van der Waals surface area contributed by atoms with Gasteiger partial charge in [-0.1, -0.05) is 0 Å². The van der Waals surface area contributed by atoms with Gasteiger partial charge in [-0.3, -0.25) is 0 Å². The van der Waals surface area contributed by atoms with Crippen LogP contribution in [-0.4, -0.2) is 14.7 Å². The number of hydrogen-bond acceptors (Lipinski definition) is 0. The van der Waals surface area contributed by atoms with E-state index in [1.807, 2.05) is 0 Å². The van der Waals surface area contributed by atoms with Crippen LogP contribution in [0.3, 0.4) is 0 Å². The van der Waals surface area contributed by atoms with Crippen LogP contribution in [0, 0.1) is 0 Å². The van der Waals surface area contributed by atoms with Crippen LogP contribution in [0.1, 0.15) is 0 Å². The van der Waals surface area contributed by atoms with E-state index in [4.69, 9.17) is 0 Å². The first-order chi connectivity index (χ1) is 9.45. The first kappa shape index (κ1) is 11.1. The Morgan fingerprint density at radius 1 is 0.474 bits per heavy atom. The fourth-order valence-corrected chi connectivity index (χ4v) is 8.29. The monoisotopic (exact) mass is 304 g/mol. The third-order valence-electron chi connectivity index (χ3n) is 3.59. The summed E-state index contributed by atoms with van der Waals surface area (Å²) in [6, 6.07) is 28.8. The standard InChI is InChI=1S/C18H13As/c1-2-8-14(9-3-1)19-17-12-6-4-10-15(17)16-11-5-7-13-18(16)19/h1-13H. The second kappa shape index (κ2) is 4.40. The normalized spacial score (nSPS) is 13.1. The van der Waals surface area contributed by atoms with Crippen molar-refractivity contribution in [2.45, 2.75) is 0 Å². The molecule has 3 aromatic carbocycles. The van der Waals surface area contributed by atoms with Gasteiger partial charge in [0.1, 0.15) is 0 Å². The molecule has 1 aliphatic heterocycles. The van der Waals surface area contributed by atoms with Crippen LogP contribution in [0.5, 0.6) is 0 Å². The summed E-state index contributed by atoms with van der Waals surface area (Å²) in [6.45, 7) is 0. The van der Waals surface area contributed by atoms with Crippen molar-refractivity contribution in [1.29, 1.82) is 0 Å². The minimum absolute atomic E-state index is 1.32. The van der Waals surface area contributed by atoms with Crippen molar-refractivity contribution < 1.29 is 0 Å². The number of benzene rings is 3. The maximum absolute atomic E-state index is 2.32. The van der Waals surface area contributed by atoms with Gasteiger partial charge in [-0.05, 0) is 0 Å². The van der Waals surface area contributed by atoms with Gasteiger partial charge >= 0.3 is 118 Å². The molecular formula is C18H13As. The molecule has 0 N–H and O–H groups in total. The number of fused-ring (bicyclic) bond motifs is 3. The van der Waals surface area contributed by atoms with Gasteiger partial charge in [0.15, 0.2) is 0 Å². The van der Waals surface area contributed by atoms with Crippen LogP contribution >= 0.6 is 0 Å². The van der Waals surface area contributed by atoms with Crippen molar-refractivity contribution in [3.63, 3.8) is 0 Å². The molecule has 1 heteroatoms. The van der Waals surface area contributed by atoms with Crippen molar-refractivity contribution >= 4 is 27.7 Å². The van der Waals surface area contributed by atoms with E-state index < -0.39 is 14.7 Å². The molecule has 1 aliphatic rings. The van der Waals surface area contributed by atoms with Crippen molar-refractivity contribution in [1.82, 2.24) is 0 Å². The molecule has 90 valence electrons. The van der Waals surface area contributed by atoms with E-state index in [9.17, 15) is 0 Å². The first-order valence-electron chi connectivity index (χ1n) is 6.49. The predicted molar refractivity (Wildman–Crippen MR) is 83.0 cm³/mol. The van der Waals surface area contributed by atoms with Gasteiger partial charge in [0.2, 0.25) is 0 Å². The SMILES string of the molecule is c1ccc([As]2c3ccccc3-c3ccccc32)cc1. The molecule has 0 unspecified atom stereocenters. The molecule has 0 aromatic heterocycles. The van der Waals surface area contributed by atoms with E-state index >= 15 is 0 Å². The molecule has 0 nitrogen and oxygen atoms in total. The van der Waals surface area contributed by atoms with Crippen LogP contribution in [0.25, 0.3) is 11.1 Å². The Bertz CT molecular complexity index is 686. The summed E-state index contributed by atoms with van der Waals surface area (Å²) in [4.78, 5) is 0. The zero-order valence-corrected chi connectivity index (χ0v) is 12.3. The quantitative estimate of drug-likeness (QED) is 0.473. The predicted octanol–water partition coefficient (Wildman–Crippen LogP) is 2.18. The molecule has 0 amide bonds. The van der Waals surface area contributed by atoms with Gasteiger partial charge in [0.05, 0.1) is 0 Å². The molecule has 0 aliphatic carbocycles. The molecule has 19 heavy (non-hydrogen) atoms. The zero-order chi connectivity index (χ0) is 12.7. The zero-order valence-electron chi connectivity index (χ0n) is 10.5. The van der Waals surface area contributed by atoms with Gasteiger partial charge in [0, 0.05) is 0 Å². The molecule has 0 spiro atoms. The molecule has 0 atom stereocenters. The molecule has 0 fully saturated rings. The van der Waals surface area contributed by atoms with E-state index in [-0.39, 0.29) is 0 Å². The van der Waals surface area contributed by atoms with Gasteiger partial charge in [-0.25, -0.2) is 0 Å². The van der Waals surface area contributed by atoms with Crippen LogP contribution in [0.2, 0.25) is 0 Å². The number of rotatable bonds is 1. The summed E-state index contributed by atoms with van der Waals surface area (Å²) in [5, 5.41) is 0. The van der Waals surface area contributed by atoms with Crippen LogP contribution in [0.4, 0.5) is 0 Å². The Morgan fingerprint density at radius 3 is 1.53 bits per heavy atom. The Hall–Kier alpha value is -1.78. The van der Waals surface area contributed by atoms with Crippen LogP contribution in [0.15, 0.2) is 78.9 Å². The molecule has 0 radical (unpaired) electrons. The molecule has 0 bridgehead atoms. The van der Waals surface area contributed by atoms with Crippen LogP contribution in [-0.2, 0) is 0 Å². The van der Waals surface area contributed by atoms with Gasteiger partial charge in [-0.2, -0.15) is 0 Å². The second-order valence-electron chi connectivity index (χ2n) is 4.71. The van der Waals surface area contributed by atoms with Crippen molar-refractivity contribution in [2.24, 2.45) is 0 Å². The summed E-state index contributed by atoms with van der Waals surface area (Å²) < 4.78 is 4.66.